The molecule has 0 amide bonds. The van der Waals surface area contributed by atoms with Gasteiger partial charge in [-0.15, -0.1) is 17.0 Å². The molecule has 0 atom stereocenters. The molecule has 0 bridgehead atoms. The maximum absolute atomic E-state index is 12.0. The van der Waals surface area contributed by atoms with E-state index in [1.165, 1.54) is 0 Å². The van der Waals surface area contributed by atoms with E-state index in [0.29, 0.717) is 6.54 Å². The predicted molar refractivity (Wildman–Crippen MR) is 83.1 cm³/mol. The number of carbonyl (C=O) groups is 1. The average Bonchev–Trinajstić information content (AvgIpc) is 2.28. The molecule has 0 aliphatic carbocycles. The van der Waals surface area contributed by atoms with Gasteiger partial charge in [0.15, 0.2) is 12.4 Å². The second kappa shape index (κ2) is 7.16. The summed E-state index contributed by atoms with van der Waals surface area (Å²) in [6.07, 6.45) is 3.76. The van der Waals surface area contributed by atoms with Crippen LogP contribution >= 0.6 is 48.8 Å². The van der Waals surface area contributed by atoms with Crippen molar-refractivity contribution in [3.63, 3.8) is 0 Å². The van der Waals surface area contributed by atoms with Gasteiger partial charge in [0.2, 0.25) is 12.3 Å². The van der Waals surface area contributed by atoms with Crippen molar-refractivity contribution >= 4 is 54.6 Å². The summed E-state index contributed by atoms with van der Waals surface area (Å²) >= 11 is 6.79. The van der Waals surface area contributed by atoms with Crippen LogP contribution in [0.25, 0.3) is 0 Å². The molecule has 2 aromatic rings. The minimum atomic E-state index is 0. The van der Waals surface area contributed by atoms with E-state index in [1.54, 1.807) is 0 Å². The molecule has 0 spiro atoms. The zero-order valence-corrected chi connectivity index (χ0v) is 14.2. The van der Waals surface area contributed by atoms with E-state index in [4.69, 9.17) is 0 Å². The second-order valence-electron chi connectivity index (χ2n) is 3.63. The van der Waals surface area contributed by atoms with Gasteiger partial charge in [0.25, 0.3) is 0 Å². The fourth-order valence-corrected chi connectivity index (χ4v) is 2.86. The fraction of sp³-hybridized carbons (Fsp3) is 0.0769. The van der Waals surface area contributed by atoms with Crippen LogP contribution in [0.15, 0.2) is 57.7 Å². The third-order valence-electron chi connectivity index (χ3n) is 2.28. The lowest BCUT2D eigenvalue weighted by molar-refractivity contribution is -0.684. The van der Waals surface area contributed by atoms with Gasteiger partial charge >= 0.3 is 0 Å². The smallest absolute Gasteiger partial charge is 0.227 e. The van der Waals surface area contributed by atoms with Gasteiger partial charge in [-0.1, -0.05) is 30.3 Å². The molecule has 2 nitrogen and oxygen atoms in total. The molecule has 94 valence electrons. The Morgan fingerprint density at radius 1 is 1.06 bits per heavy atom. The molecule has 0 unspecified atom stereocenters. The van der Waals surface area contributed by atoms with Crippen molar-refractivity contribution in [1.29, 1.82) is 0 Å². The third kappa shape index (κ3) is 4.30. The van der Waals surface area contributed by atoms with Crippen molar-refractivity contribution in [2.75, 3.05) is 0 Å². The fourth-order valence-electron chi connectivity index (χ4n) is 1.53. The Kier molecular flexibility index (Phi) is 6.18. The maximum Gasteiger partial charge on any atom is 0.227 e. The molecule has 0 aliphatic rings. The summed E-state index contributed by atoms with van der Waals surface area (Å²) in [4.78, 5) is 12.0. The molecule has 1 aromatic carbocycles. The van der Waals surface area contributed by atoms with E-state index in [2.05, 4.69) is 31.9 Å². The molecule has 18 heavy (non-hydrogen) atoms. The quantitative estimate of drug-likeness (QED) is 0.527. The Balaban J connectivity index is 0.00000162. The molecule has 2 rings (SSSR count). The van der Waals surface area contributed by atoms with Crippen LogP contribution in [-0.4, -0.2) is 5.78 Å². The van der Waals surface area contributed by atoms with Gasteiger partial charge in [0, 0.05) is 5.56 Å². The molecule has 1 aromatic heterocycles. The highest BCUT2D eigenvalue weighted by atomic mass is 79.9. The van der Waals surface area contributed by atoms with Gasteiger partial charge in [-0.25, -0.2) is 0 Å². The first kappa shape index (κ1) is 15.5. The van der Waals surface area contributed by atoms with Crippen molar-refractivity contribution in [1.82, 2.24) is 0 Å². The number of hydrogen-bond donors (Lipinski definition) is 0. The van der Waals surface area contributed by atoms with Crippen LogP contribution in [0.5, 0.6) is 0 Å². The third-order valence-corrected chi connectivity index (χ3v) is 3.14. The Labute approximate surface area is 133 Å². The van der Waals surface area contributed by atoms with E-state index < -0.39 is 0 Å². The first-order valence-corrected chi connectivity index (χ1v) is 6.67. The van der Waals surface area contributed by atoms with E-state index in [0.717, 1.165) is 14.5 Å². The summed E-state index contributed by atoms with van der Waals surface area (Å²) in [5.74, 6) is 0.0978. The standard InChI is InChI=1S/C13H10Br2NO.BrH/c14-11-6-12(15)8-16(7-11)9-13(17)10-4-2-1-3-5-10;/h1-8H,9H2;1H/q+1;. The van der Waals surface area contributed by atoms with E-state index in [1.807, 2.05) is 53.4 Å². The molecule has 0 radical (unpaired) electrons. The summed E-state index contributed by atoms with van der Waals surface area (Å²) in [6.45, 7) is 0.335. The number of pyridine rings is 1. The summed E-state index contributed by atoms with van der Waals surface area (Å²) in [6, 6.07) is 11.2. The number of carbonyl (C=O) groups excluding carboxylic acids is 1. The molecule has 5 heteroatoms. The zero-order chi connectivity index (χ0) is 12.3. The monoisotopic (exact) mass is 434 g/mol. The Hall–Kier alpha value is -0.520. The Bertz CT molecular complexity index is 523. The minimum absolute atomic E-state index is 0. The van der Waals surface area contributed by atoms with E-state index in [9.17, 15) is 4.79 Å². The second-order valence-corrected chi connectivity index (χ2v) is 5.47. The molecule has 0 fully saturated rings. The van der Waals surface area contributed by atoms with Gasteiger partial charge in [-0.05, 0) is 37.9 Å². The summed E-state index contributed by atoms with van der Waals surface area (Å²) in [5, 5.41) is 0. The number of nitrogens with zero attached hydrogens (tertiary/aromatic N) is 1. The molecular formula is C13H11Br3NO+. The first-order valence-electron chi connectivity index (χ1n) is 5.08. The zero-order valence-electron chi connectivity index (χ0n) is 9.35. The SMILES string of the molecule is Br.O=C(C[n+]1cc(Br)cc(Br)c1)c1ccccc1. The highest BCUT2D eigenvalue weighted by Crippen LogP contribution is 2.13. The van der Waals surface area contributed by atoms with E-state index >= 15 is 0 Å². The first-order chi connectivity index (χ1) is 8.15. The van der Waals surface area contributed by atoms with Gasteiger partial charge in [0.05, 0.1) is 8.95 Å². The molecule has 0 aliphatic heterocycles. The van der Waals surface area contributed by atoms with Crippen LogP contribution in [0, 0.1) is 0 Å². The van der Waals surface area contributed by atoms with Gasteiger partial charge in [-0.3, -0.25) is 4.79 Å². The highest BCUT2D eigenvalue weighted by molar-refractivity contribution is 9.11. The molecule has 0 saturated carbocycles. The van der Waals surface area contributed by atoms with Crippen LogP contribution in [-0.2, 0) is 6.54 Å². The van der Waals surface area contributed by atoms with Crippen molar-refractivity contribution in [3.05, 3.63) is 63.3 Å². The molecule has 0 N–H and O–H groups in total. The summed E-state index contributed by atoms with van der Waals surface area (Å²) in [7, 11) is 0. The van der Waals surface area contributed by atoms with Gasteiger partial charge in [0.1, 0.15) is 0 Å². The van der Waals surface area contributed by atoms with Crippen molar-refractivity contribution in [2.24, 2.45) is 0 Å². The van der Waals surface area contributed by atoms with Crippen LogP contribution in [0.3, 0.4) is 0 Å². The van der Waals surface area contributed by atoms with Crippen LogP contribution in [0.2, 0.25) is 0 Å². The number of benzene rings is 1. The lowest BCUT2D eigenvalue weighted by atomic mass is 10.1. The number of Topliss-reactive ketones (excluding diaryl/α,β-unsaturated/α-hetero) is 1. The minimum Gasteiger partial charge on any atom is -0.287 e. The summed E-state index contributed by atoms with van der Waals surface area (Å²) < 4.78 is 3.73. The molecular weight excluding hydrogens is 426 g/mol. The lowest BCUT2D eigenvalue weighted by Gasteiger charge is -1.99. The van der Waals surface area contributed by atoms with Gasteiger partial charge < -0.3 is 0 Å². The maximum atomic E-state index is 12.0. The molecule has 0 saturated heterocycles. The van der Waals surface area contributed by atoms with Crippen molar-refractivity contribution in [2.45, 2.75) is 6.54 Å². The molecule has 1 heterocycles. The van der Waals surface area contributed by atoms with Crippen LogP contribution in [0.1, 0.15) is 10.4 Å². The predicted octanol–water partition coefficient (Wildman–Crippen LogP) is 3.96. The number of rotatable bonds is 3. The summed E-state index contributed by atoms with van der Waals surface area (Å²) in [5.41, 5.74) is 0.732. The normalized spacial score (nSPS) is 9.67. The number of halogens is 3. The highest BCUT2D eigenvalue weighted by Gasteiger charge is 2.12. The van der Waals surface area contributed by atoms with Crippen molar-refractivity contribution < 1.29 is 9.36 Å². The lowest BCUT2D eigenvalue weighted by Crippen LogP contribution is -2.37. The average molecular weight is 437 g/mol. The largest absolute Gasteiger partial charge is 0.287 e. The number of ketones is 1. The number of hydrogen-bond acceptors (Lipinski definition) is 1. The van der Waals surface area contributed by atoms with Gasteiger partial charge in [-0.2, -0.15) is 4.57 Å². The Morgan fingerprint density at radius 2 is 1.61 bits per heavy atom. The topological polar surface area (TPSA) is 20.9 Å². The Morgan fingerprint density at radius 3 is 2.17 bits per heavy atom. The van der Waals surface area contributed by atoms with Crippen LogP contribution in [0.4, 0.5) is 0 Å². The van der Waals surface area contributed by atoms with Crippen molar-refractivity contribution in [3.8, 4) is 0 Å². The van der Waals surface area contributed by atoms with E-state index in [-0.39, 0.29) is 22.8 Å². The number of aromatic nitrogens is 1. The van der Waals surface area contributed by atoms with Crippen LogP contribution < -0.4 is 4.57 Å².